The summed E-state index contributed by atoms with van der Waals surface area (Å²) in [6, 6.07) is 13.5. The van der Waals surface area contributed by atoms with Crippen molar-refractivity contribution in [1.82, 2.24) is 4.68 Å². The molecule has 0 amide bonds. The lowest BCUT2D eigenvalue weighted by Gasteiger charge is -2.17. The minimum atomic E-state index is 0.0641. The zero-order chi connectivity index (χ0) is 21.6. The first-order valence-corrected chi connectivity index (χ1v) is 11.4. The molecule has 162 valence electrons. The number of phenols is 1. The van der Waals surface area contributed by atoms with Crippen LogP contribution in [-0.4, -0.2) is 36.3 Å². The molecule has 2 aromatic carbocycles. The number of nitrogens with zero attached hydrogens (tertiary/aromatic N) is 3. The van der Waals surface area contributed by atoms with Crippen LogP contribution in [0.15, 0.2) is 57.9 Å². The fraction of sp³-hybridized carbons (Fsp3) is 0.333. The first kappa shape index (κ1) is 21.2. The highest BCUT2D eigenvalue weighted by Gasteiger charge is 2.16. The third-order valence-corrected chi connectivity index (χ3v) is 6.33. The lowest BCUT2D eigenvalue weighted by atomic mass is 9.96. The molecule has 1 aliphatic carbocycles. The van der Waals surface area contributed by atoms with Crippen molar-refractivity contribution >= 4 is 17.6 Å². The lowest BCUT2D eigenvalue weighted by Crippen LogP contribution is -2.19. The summed E-state index contributed by atoms with van der Waals surface area (Å²) in [5.41, 5.74) is 2.42. The van der Waals surface area contributed by atoms with Crippen LogP contribution in [0.25, 0.3) is 11.3 Å². The van der Waals surface area contributed by atoms with Crippen molar-refractivity contribution in [2.24, 2.45) is 10.1 Å². The summed E-state index contributed by atoms with van der Waals surface area (Å²) in [5.74, 6) is 1.25. The van der Waals surface area contributed by atoms with Crippen LogP contribution in [0.3, 0.4) is 0 Å². The molecule has 0 spiro atoms. The second-order valence-electron chi connectivity index (χ2n) is 7.48. The average Bonchev–Trinajstić information content (AvgIpc) is 3.21. The highest BCUT2D eigenvalue weighted by molar-refractivity contribution is 7.07. The zero-order valence-corrected chi connectivity index (χ0v) is 18.6. The number of phenolic OH excluding ortho intramolecular Hbond substituents is 1. The number of ether oxygens (including phenoxy) is 2. The fourth-order valence-electron chi connectivity index (χ4n) is 3.84. The minimum Gasteiger partial charge on any atom is -0.504 e. The Hall–Kier alpha value is -3.06. The summed E-state index contributed by atoms with van der Waals surface area (Å²) < 4.78 is 12.6. The van der Waals surface area contributed by atoms with Crippen molar-refractivity contribution in [3.63, 3.8) is 0 Å². The maximum absolute atomic E-state index is 10.4. The van der Waals surface area contributed by atoms with Crippen molar-refractivity contribution in [3.8, 4) is 28.5 Å². The Morgan fingerprint density at radius 3 is 2.52 bits per heavy atom. The summed E-state index contributed by atoms with van der Waals surface area (Å²) in [7, 11) is 3.20. The third-order valence-electron chi connectivity index (χ3n) is 5.50. The molecule has 1 saturated carbocycles. The molecule has 0 unspecified atom stereocenters. The predicted octanol–water partition coefficient (Wildman–Crippen LogP) is 5.06. The van der Waals surface area contributed by atoms with Crippen molar-refractivity contribution < 1.29 is 14.6 Å². The van der Waals surface area contributed by atoms with Crippen LogP contribution >= 0.6 is 11.3 Å². The van der Waals surface area contributed by atoms with Gasteiger partial charge in [-0.2, -0.15) is 5.10 Å². The molecule has 1 N–H and O–H groups in total. The van der Waals surface area contributed by atoms with E-state index >= 15 is 0 Å². The molecule has 7 heteroatoms. The van der Waals surface area contributed by atoms with E-state index in [0.29, 0.717) is 17.4 Å². The second-order valence-corrected chi connectivity index (χ2v) is 8.32. The standard InChI is InChI=1S/C24H27N3O3S/c1-29-21-13-7-6-12-19(21)20-16-31-24(26-18-10-4-3-5-11-18)27(20)25-15-17-9-8-14-22(30-2)23(17)28/h6-9,12-16,18,28H,3-5,10-11H2,1-2H3. The summed E-state index contributed by atoms with van der Waals surface area (Å²) >= 11 is 1.57. The number of aromatic nitrogens is 1. The molecule has 0 bridgehead atoms. The Morgan fingerprint density at radius 1 is 1.00 bits per heavy atom. The molecule has 4 rings (SSSR count). The molecular formula is C24H27N3O3S. The van der Waals surface area contributed by atoms with Crippen LogP contribution in [0, 0.1) is 0 Å². The van der Waals surface area contributed by atoms with E-state index in [2.05, 4.69) is 5.38 Å². The zero-order valence-electron chi connectivity index (χ0n) is 17.8. The van der Waals surface area contributed by atoms with Crippen LogP contribution in [0.4, 0.5) is 0 Å². The highest BCUT2D eigenvalue weighted by atomic mass is 32.1. The van der Waals surface area contributed by atoms with E-state index in [-0.39, 0.29) is 5.75 Å². The number of hydrogen-bond donors (Lipinski definition) is 1. The molecule has 1 heterocycles. The van der Waals surface area contributed by atoms with E-state index in [1.54, 1.807) is 36.8 Å². The third kappa shape index (κ3) is 4.66. The number of methoxy groups -OCH3 is 2. The van der Waals surface area contributed by atoms with E-state index in [9.17, 15) is 5.11 Å². The van der Waals surface area contributed by atoms with Crippen LogP contribution in [0.2, 0.25) is 0 Å². The summed E-state index contributed by atoms with van der Waals surface area (Å²) in [4.78, 5) is 5.87. The van der Waals surface area contributed by atoms with Gasteiger partial charge >= 0.3 is 0 Å². The van der Waals surface area contributed by atoms with Crippen LogP contribution in [0.1, 0.15) is 37.7 Å². The Kier molecular flexibility index (Phi) is 6.72. The van der Waals surface area contributed by atoms with E-state index < -0.39 is 0 Å². The van der Waals surface area contributed by atoms with Gasteiger partial charge in [-0.15, -0.1) is 11.3 Å². The van der Waals surface area contributed by atoms with E-state index in [0.717, 1.165) is 34.6 Å². The van der Waals surface area contributed by atoms with Crippen molar-refractivity contribution in [2.45, 2.75) is 38.1 Å². The van der Waals surface area contributed by atoms with E-state index in [1.165, 1.54) is 26.4 Å². The Balaban J connectivity index is 1.82. The topological polar surface area (TPSA) is 68.3 Å². The van der Waals surface area contributed by atoms with Gasteiger partial charge in [0.25, 0.3) is 0 Å². The van der Waals surface area contributed by atoms with E-state index in [1.807, 2.05) is 35.0 Å². The molecule has 1 aromatic heterocycles. The molecule has 31 heavy (non-hydrogen) atoms. The van der Waals surface area contributed by atoms with Gasteiger partial charge in [0.05, 0.1) is 32.2 Å². The summed E-state index contributed by atoms with van der Waals surface area (Å²) in [6.07, 6.45) is 7.60. The molecule has 6 nitrogen and oxygen atoms in total. The van der Waals surface area contributed by atoms with Crippen molar-refractivity contribution in [1.29, 1.82) is 0 Å². The molecule has 0 aliphatic heterocycles. The van der Waals surface area contributed by atoms with E-state index in [4.69, 9.17) is 19.6 Å². The first-order valence-electron chi connectivity index (χ1n) is 10.5. The van der Waals surface area contributed by atoms with Gasteiger partial charge in [-0.25, -0.2) is 4.68 Å². The van der Waals surface area contributed by atoms with Gasteiger partial charge in [0.15, 0.2) is 11.5 Å². The Labute approximate surface area is 186 Å². The Morgan fingerprint density at radius 2 is 1.74 bits per heavy atom. The smallest absolute Gasteiger partial charge is 0.206 e. The minimum absolute atomic E-state index is 0.0641. The molecule has 0 atom stereocenters. The van der Waals surface area contributed by atoms with Crippen LogP contribution < -0.4 is 14.3 Å². The van der Waals surface area contributed by atoms with Gasteiger partial charge in [-0.05, 0) is 37.1 Å². The molecule has 1 fully saturated rings. The molecule has 3 aromatic rings. The van der Waals surface area contributed by atoms with Gasteiger partial charge in [0.2, 0.25) is 4.80 Å². The number of benzene rings is 2. The molecule has 0 radical (unpaired) electrons. The van der Waals surface area contributed by atoms with Gasteiger partial charge in [-0.3, -0.25) is 4.99 Å². The van der Waals surface area contributed by atoms with Crippen LogP contribution in [0.5, 0.6) is 17.2 Å². The van der Waals surface area contributed by atoms with Gasteiger partial charge in [0, 0.05) is 16.5 Å². The number of thiazole rings is 1. The average molecular weight is 438 g/mol. The normalized spacial score (nSPS) is 15.5. The van der Waals surface area contributed by atoms with Gasteiger partial charge in [0.1, 0.15) is 5.75 Å². The van der Waals surface area contributed by atoms with Gasteiger partial charge < -0.3 is 14.6 Å². The second kappa shape index (κ2) is 9.83. The SMILES string of the molecule is COc1ccccc1-c1csc(=NC2CCCCC2)n1N=Cc1cccc(OC)c1O. The molecule has 0 saturated heterocycles. The maximum atomic E-state index is 10.4. The maximum Gasteiger partial charge on any atom is 0.206 e. The quantitative estimate of drug-likeness (QED) is 0.549. The lowest BCUT2D eigenvalue weighted by molar-refractivity contribution is 0.373. The van der Waals surface area contributed by atoms with Crippen molar-refractivity contribution in [2.75, 3.05) is 14.2 Å². The molecular weight excluding hydrogens is 410 g/mol. The summed E-state index contributed by atoms with van der Waals surface area (Å²) in [5, 5.41) is 17.2. The summed E-state index contributed by atoms with van der Waals surface area (Å²) in [6.45, 7) is 0. The number of aromatic hydroxyl groups is 1. The van der Waals surface area contributed by atoms with Gasteiger partial charge in [-0.1, -0.05) is 37.5 Å². The highest BCUT2D eigenvalue weighted by Crippen LogP contribution is 2.31. The fourth-order valence-corrected chi connectivity index (χ4v) is 4.74. The Bertz CT molecular complexity index is 1130. The monoisotopic (exact) mass is 437 g/mol. The van der Waals surface area contributed by atoms with Crippen LogP contribution in [-0.2, 0) is 0 Å². The molecule has 1 aliphatic rings. The number of para-hydroxylation sites is 2. The number of rotatable bonds is 6. The first-order chi connectivity index (χ1) is 15.2. The largest absolute Gasteiger partial charge is 0.504 e. The van der Waals surface area contributed by atoms with Crippen molar-refractivity contribution in [3.05, 3.63) is 58.2 Å². The number of hydrogen-bond acceptors (Lipinski definition) is 6. The predicted molar refractivity (Wildman–Crippen MR) is 124 cm³/mol.